The zero-order chi connectivity index (χ0) is 19.1. The fraction of sp³-hybridized carbons (Fsp3) is 0.579. The highest BCUT2D eigenvalue weighted by Gasteiger charge is 2.24. The van der Waals surface area contributed by atoms with Crippen LogP contribution >= 0.6 is 23.1 Å². The van der Waals surface area contributed by atoms with Gasteiger partial charge in [0, 0.05) is 10.9 Å². The normalized spacial score (nSPS) is 16.9. The van der Waals surface area contributed by atoms with Gasteiger partial charge in [-0.15, -0.1) is 21.5 Å². The Labute approximate surface area is 168 Å². The molecular formula is C19H26N6S2. The minimum absolute atomic E-state index is 0.0605. The van der Waals surface area contributed by atoms with E-state index >= 15 is 0 Å². The Morgan fingerprint density at radius 3 is 2.59 bits per heavy atom. The van der Waals surface area contributed by atoms with E-state index in [0.29, 0.717) is 11.9 Å². The summed E-state index contributed by atoms with van der Waals surface area (Å²) >= 11 is 3.37. The van der Waals surface area contributed by atoms with Crippen LogP contribution in [0, 0.1) is 20.8 Å². The molecule has 0 aromatic carbocycles. The molecule has 1 aliphatic carbocycles. The van der Waals surface area contributed by atoms with Gasteiger partial charge in [-0.05, 0) is 46.1 Å². The van der Waals surface area contributed by atoms with Gasteiger partial charge in [-0.3, -0.25) is 0 Å². The third-order valence-corrected chi connectivity index (χ3v) is 7.65. The number of nitrogens with two attached hydrogens (primary N) is 1. The van der Waals surface area contributed by atoms with Crippen LogP contribution in [0.5, 0.6) is 0 Å². The predicted octanol–water partition coefficient (Wildman–Crippen LogP) is 5.15. The van der Waals surface area contributed by atoms with Crippen LogP contribution in [0.4, 0.5) is 5.82 Å². The number of aromatic nitrogens is 5. The van der Waals surface area contributed by atoms with E-state index in [1.54, 1.807) is 23.1 Å². The number of anilines is 1. The molecule has 1 saturated carbocycles. The fourth-order valence-electron chi connectivity index (χ4n) is 3.88. The largest absolute Gasteiger partial charge is 0.383 e. The number of thioether (sulfide) groups is 1. The van der Waals surface area contributed by atoms with Gasteiger partial charge < -0.3 is 10.3 Å². The second-order valence-electron chi connectivity index (χ2n) is 7.38. The van der Waals surface area contributed by atoms with Crippen molar-refractivity contribution >= 4 is 39.1 Å². The zero-order valence-corrected chi connectivity index (χ0v) is 18.0. The number of nitrogen functional groups attached to an aromatic ring is 1. The summed E-state index contributed by atoms with van der Waals surface area (Å²) in [4.78, 5) is 11.7. The number of aryl methyl sites for hydroxylation is 3. The first kappa shape index (κ1) is 18.7. The van der Waals surface area contributed by atoms with Crippen molar-refractivity contribution in [2.75, 3.05) is 5.73 Å². The highest BCUT2D eigenvalue weighted by atomic mass is 32.2. The van der Waals surface area contributed by atoms with E-state index in [4.69, 9.17) is 10.7 Å². The molecule has 0 spiro atoms. The molecule has 1 atom stereocenters. The minimum atomic E-state index is 0.0605. The van der Waals surface area contributed by atoms with Crippen molar-refractivity contribution in [3.05, 3.63) is 22.1 Å². The van der Waals surface area contributed by atoms with Gasteiger partial charge in [-0.1, -0.05) is 31.0 Å². The Bertz CT molecular complexity index is 970. The second kappa shape index (κ2) is 7.39. The summed E-state index contributed by atoms with van der Waals surface area (Å²) in [7, 11) is 0. The first-order chi connectivity index (χ1) is 13.0. The van der Waals surface area contributed by atoms with Crippen molar-refractivity contribution in [2.24, 2.45) is 0 Å². The van der Waals surface area contributed by atoms with Gasteiger partial charge in [0.2, 0.25) is 0 Å². The summed E-state index contributed by atoms with van der Waals surface area (Å²) in [5, 5.41) is 10.8. The SMILES string of the molecule is Cc1sc2nc(C(C)Sc3nnc(C)n3C3CCCCC3)nc(N)c2c1C. The van der Waals surface area contributed by atoms with Crippen molar-refractivity contribution in [2.45, 2.75) is 76.2 Å². The van der Waals surface area contributed by atoms with E-state index in [0.717, 1.165) is 27.0 Å². The highest BCUT2D eigenvalue weighted by molar-refractivity contribution is 7.99. The number of fused-ring (bicyclic) bond motifs is 1. The van der Waals surface area contributed by atoms with Gasteiger partial charge in [-0.2, -0.15) is 0 Å². The van der Waals surface area contributed by atoms with Crippen LogP contribution in [-0.2, 0) is 0 Å². The lowest BCUT2D eigenvalue weighted by molar-refractivity contribution is 0.332. The topological polar surface area (TPSA) is 82.5 Å². The van der Waals surface area contributed by atoms with Crippen LogP contribution in [0.3, 0.4) is 0 Å². The van der Waals surface area contributed by atoms with Gasteiger partial charge >= 0.3 is 0 Å². The fourth-order valence-corrected chi connectivity index (χ4v) is 5.93. The molecule has 3 heterocycles. The van der Waals surface area contributed by atoms with E-state index in [-0.39, 0.29) is 5.25 Å². The van der Waals surface area contributed by atoms with Crippen LogP contribution in [-0.4, -0.2) is 24.7 Å². The molecule has 1 fully saturated rings. The molecule has 1 aliphatic rings. The summed E-state index contributed by atoms with van der Waals surface area (Å²) in [6.07, 6.45) is 6.34. The van der Waals surface area contributed by atoms with E-state index in [9.17, 15) is 0 Å². The predicted molar refractivity (Wildman–Crippen MR) is 112 cm³/mol. The van der Waals surface area contributed by atoms with E-state index in [1.165, 1.54) is 42.5 Å². The molecular weight excluding hydrogens is 376 g/mol. The summed E-state index contributed by atoms with van der Waals surface area (Å²) in [6, 6.07) is 0.513. The third kappa shape index (κ3) is 3.45. The van der Waals surface area contributed by atoms with Crippen molar-refractivity contribution in [3.8, 4) is 0 Å². The first-order valence-electron chi connectivity index (χ1n) is 9.57. The molecule has 0 saturated heterocycles. The van der Waals surface area contributed by atoms with Gasteiger partial charge in [0.05, 0.1) is 10.6 Å². The number of nitrogens with zero attached hydrogens (tertiary/aromatic N) is 5. The monoisotopic (exact) mass is 402 g/mol. The standard InChI is InChI=1S/C19H26N6S2/c1-10-11(2)26-18-15(10)16(20)21-17(22-18)12(3)27-19-24-23-13(4)25(19)14-8-6-5-7-9-14/h12,14H,5-9H2,1-4H3,(H2,20,21,22). The van der Waals surface area contributed by atoms with Gasteiger partial charge in [0.1, 0.15) is 22.3 Å². The smallest absolute Gasteiger partial charge is 0.192 e. The lowest BCUT2D eigenvalue weighted by atomic mass is 9.95. The van der Waals surface area contributed by atoms with E-state index in [2.05, 4.69) is 40.5 Å². The molecule has 8 heteroatoms. The number of hydrogen-bond donors (Lipinski definition) is 1. The highest BCUT2D eigenvalue weighted by Crippen LogP contribution is 2.39. The van der Waals surface area contributed by atoms with Crippen LogP contribution < -0.4 is 5.73 Å². The summed E-state index contributed by atoms with van der Waals surface area (Å²) < 4.78 is 2.32. The number of hydrogen-bond acceptors (Lipinski definition) is 7. The maximum atomic E-state index is 6.27. The summed E-state index contributed by atoms with van der Waals surface area (Å²) in [5.74, 6) is 2.34. The van der Waals surface area contributed by atoms with Crippen molar-refractivity contribution in [3.63, 3.8) is 0 Å². The lowest BCUT2D eigenvalue weighted by Gasteiger charge is -2.25. The molecule has 0 aliphatic heterocycles. The Balaban J connectivity index is 1.63. The molecule has 1 unspecified atom stereocenters. The van der Waals surface area contributed by atoms with Gasteiger partial charge in [0.25, 0.3) is 0 Å². The van der Waals surface area contributed by atoms with Crippen LogP contribution in [0.15, 0.2) is 5.16 Å². The van der Waals surface area contributed by atoms with Gasteiger partial charge in [-0.25, -0.2) is 9.97 Å². The zero-order valence-electron chi connectivity index (χ0n) is 16.3. The van der Waals surface area contributed by atoms with Crippen molar-refractivity contribution in [1.82, 2.24) is 24.7 Å². The molecule has 0 radical (unpaired) electrons. The molecule has 4 rings (SSSR count). The van der Waals surface area contributed by atoms with Crippen LogP contribution in [0.1, 0.15) is 72.4 Å². The quantitative estimate of drug-likeness (QED) is 0.608. The Morgan fingerprint density at radius 1 is 1.11 bits per heavy atom. The molecule has 27 heavy (non-hydrogen) atoms. The molecule has 0 bridgehead atoms. The molecule has 0 amide bonds. The van der Waals surface area contributed by atoms with Crippen LogP contribution in [0.25, 0.3) is 10.2 Å². The Hall–Kier alpha value is -1.67. The number of thiophene rings is 1. The molecule has 2 N–H and O–H groups in total. The lowest BCUT2D eigenvalue weighted by Crippen LogP contribution is -2.15. The molecule has 3 aromatic rings. The summed E-state index contributed by atoms with van der Waals surface area (Å²) in [5.41, 5.74) is 7.45. The molecule has 3 aromatic heterocycles. The van der Waals surface area contributed by atoms with Crippen molar-refractivity contribution < 1.29 is 0 Å². The average molecular weight is 403 g/mol. The minimum Gasteiger partial charge on any atom is -0.383 e. The molecule has 144 valence electrons. The van der Waals surface area contributed by atoms with E-state index in [1.807, 2.05) is 6.92 Å². The molecule has 6 nitrogen and oxygen atoms in total. The maximum Gasteiger partial charge on any atom is 0.192 e. The van der Waals surface area contributed by atoms with Crippen molar-refractivity contribution in [1.29, 1.82) is 0 Å². The Kier molecular flexibility index (Phi) is 5.11. The third-order valence-electron chi connectivity index (χ3n) is 5.49. The number of rotatable bonds is 4. The first-order valence-corrected chi connectivity index (χ1v) is 11.3. The second-order valence-corrected chi connectivity index (χ2v) is 9.89. The van der Waals surface area contributed by atoms with E-state index < -0.39 is 0 Å². The maximum absolute atomic E-state index is 6.27. The average Bonchev–Trinajstić information content (AvgIpc) is 3.15. The van der Waals surface area contributed by atoms with Crippen LogP contribution in [0.2, 0.25) is 0 Å². The van der Waals surface area contributed by atoms with Gasteiger partial charge in [0.15, 0.2) is 5.16 Å². The Morgan fingerprint density at radius 2 is 1.85 bits per heavy atom. The summed E-state index contributed by atoms with van der Waals surface area (Å²) in [6.45, 7) is 8.36.